The van der Waals surface area contributed by atoms with Gasteiger partial charge in [0.2, 0.25) is 0 Å². The molecule has 36 heavy (non-hydrogen) atoms. The molecule has 0 saturated heterocycles. The number of amides is 1. The maximum absolute atomic E-state index is 13.6. The second-order valence-corrected chi connectivity index (χ2v) is 9.84. The predicted octanol–water partition coefficient (Wildman–Crippen LogP) is 3.91. The number of carbonyl (C=O) groups is 1. The molecule has 8 heteroatoms. The van der Waals surface area contributed by atoms with E-state index in [1.54, 1.807) is 32.3 Å². The molecule has 0 saturated carbocycles. The predicted molar refractivity (Wildman–Crippen MR) is 138 cm³/mol. The van der Waals surface area contributed by atoms with E-state index < -0.39 is 23.2 Å². The van der Waals surface area contributed by atoms with Crippen LogP contribution in [0.3, 0.4) is 0 Å². The number of hydrogen-bond donors (Lipinski definition) is 4. The molecule has 0 aliphatic carbocycles. The van der Waals surface area contributed by atoms with Crippen LogP contribution in [0.5, 0.6) is 0 Å². The van der Waals surface area contributed by atoms with Gasteiger partial charge < -0.3 is 20.5 Å². The molecule has 2 heterocycles. The van der Waals surface area contributed by atoms with Crippen LogP contribution >= 0.6 is 0 Å². The molecule has 0 spiro atoms. The van der Waals surface area contributed by atoms with Crippen LogP contribution in [-0.4, -0.2) is 47.8 Å². The van der Waals surface area contributed by atoms with Gasteiger partial charge in [0.1, 0.15) is 17.1 Å². The maximum Gasteiger partial charge on any atom is 0.272 e. The lowest BCUT2D eigenvalue weighted by molar-refractivity contribution is 0.0336. The highest BCUT2D eigenvalue weighted by molar-refractivity contribution is 5.94. The Morgan fingerprint density at radius 2 is 1.75 bits per heavy atom. The third-order valence-electron chi connectivity index (χ3n) is 6.35. The fourth-order valence-corrected chi connectivity index (χ4v) is 4.45. The first-order valence-electron chi connectivity index (χ1n) is 12.3. The second kappa shape index (κ2) is 11.0. The van der Waals surface area contributed by atoms with Gasteiger partial charge in [-0.05, 0) is 44.4 Å². The number of benzene rings is 2. The van der Waals surface area contributed by atoms with Crippen LogP contribution in [0.4, 0.5) is 0 Å². The van der Waals surface area contributed by atoms with Gasteiger partial charge in [0.25, 0.3) is 5.91 Å². The third kappa shape index (κ3) is 6.13. The molecule has 4 rings (SSSR count). The number of aromatic amines is 1. The van der Waals surface area contributed by atoms with Crippen molar-refractivity contribution >= 4 is 16.9 Å². The second-order valence-electron chi connectivity index (χ2n) is 9.84. The number of aliphatic hydroxyl groups excluding tert-OH is 1. The Labute approximate surface area is 210 Å². The van der Waals surface area contributed by atoms with Crippen molar-refractivity contribution in [3.63, 3.8) is 0 Å². The summed E-state index contributed by atoms with van der Waals surface area (Å²) in [7, 11) is 0. The van der Waals surface area contributed by atoms with Gasteiger partial charge in [-0.25, -0.2) is 9.97 Å². The number of carbonyl (C=O) groups excluding carboxylic acids is 1. The zero-order valence-electron chi connectivity index (χ0n) is 20.7. The van der Waals surface area contributed by atoms with Gasteiger partial charge in [0.15, 0.2) is 0 Å². The van der Waals surface area contributed by atoms with Crippen molar-refractivity contribution in [3.8, 4) is 0 Å². The lowest BCUT2D eigenvalue weighted by Gasteiger charge is -2.37. The number of nitrogens with one attached hydrogen (secondary N) is 2. The minimum atomic E-state index is -1.23. The zero-order chi connectivity index (χ0) is 25.6. The van der Waals surface area contributed by atoms with E-state index in [1.165, 1.54) is 6.20 Å². The Bertz CT molecular complexity index is 1270. The van der Waals surface area contributed by atoms with Crippen molar-refractivity contribution in [1.82, 2.24) is 25.3 Å². The smallest absolute Gasteiger partial charge is 0.272 e. The quantitative estimate of drug-likeness (QED) is 0.238. The summed E-state index contributed by atoms with van der Waals surface area (Å²) >= 11 is 0. The van der Waals surface area contributed by atoms with E-state index in [0.29, 0.717) is 42.5 Å². The number of nitrogens with zero attached hydrogens (tertiary/aromatic N) is 3. The Morgan fingerprint density at radius 1 is 1.03 bits per heavy atom. The zero-order valence-corrected chi connectivity index (χ0v) is 20.7. The average molecular weight is 488 g/mol. The van der Waals surface area contributed by atoms with E-state index in [-0.39, 0.29) is 5.69 Å². The Morgan fingerprint density at radius 3 is 2.44 bits per heavy atom. The Balaban J connectivity index is 1.67. The summed E-state index contributed by atoms with van der Waals surface area (Å²) in [6, 6.07) is 17.1. The lowest BCUT2D eigenvalue weighted by atomic mass is 9.81. The van der Waals surface area contributed by atoms with E-state index in [9.17, 15) is 15.0 Å². The number of imidazole rings is 1. The van der Waals surface area contributed by atoms with Gasteiger partial charge in [-0.3, -0.25) is 9.78 Å². The first-order valence-corrected chi connectivity index (χ1v) is 12.3. The number of para-hydroxylation sites is 2. The molecule has 0 unspecified atom stereocenters. The number of aromatic nitrogens is 4. The highest BCUT2D eigenvalue weighted by atomic mass is 16.3. The lowest BCUT2D eigenvalue weighted by Crippen LogP contribution is -2.56. The molecule has 188 valence electrons. The van der Waals surface area contributed by atoms with Crippen molar-refractivity contribution < 1.29 is 15.0 Å². The monoisotopic (exact) mass is 487 g/mol. The Kier molecular flexibility index (Phi) is 7.76. The molecule has 0 bridgehead atoms. The normalized spacial score (nSPS) is 14.3. The van der Waals surface area contributed by atoms with Crippen LogP contribution in [0.25, 0.3) is 11.0 Å². The maximum atomic E-state index is 13.6. The van der Waals surface area contributed by atoms with Crippen LogP contribution in [0, 0.1) is 0 Å². The number of H-pyrrole nitrogens is 1. The van der Waals surface area contributed by atoms with E-state index in [2.05, 4.69) is 25.3 Å². The minimum Gasteiger partial charge on any atom is -0.390 e. The summed E-state index contributed by atoms with van der Waals surface area (Å²) in [6.07, 6.45) is 6.54. The topological polar surface area (TPSA) is 124 Å². The number of aliphatic hydroxyl groups is 2. The van der Waals surface area contributed by atoms with Crippen LogP contribution < -0.4 is 5.32 Å². The summed E-state index contributed by atoms with van der Waals surface area (Å²) in [5.41, 5.74) is 0.410. The highest BCUT2D eigenvalue weighted by Crippen LogP contribution is 2.31. The van der Waals surface area contributed by atoms with Crippen molar-refractivity contribution in [2.45, 2.75) is 63.2 Å². The molecule has 2 aromatic carbocycles. The average Bonchev–Trinajstić information content (AvgIpc) is 3.41. The van der Waals surface area contributed by atoms with E-state index in [1.807, 2.05) is 48.5 Å². The molecule has 0 aliphatic rings. The van der Waals surface area contributed by atoms with Crippen LogP contribution in [0.15, 0.2) is 73.2 Å². The fourth-order valence-electron chi connectivity index (χ4n) is 4.45. The van der Waals surface area contributed by atoms with Gasteiger partial charge in [0, 0.05) is 18.8 Å². The molecular formula is C28H33N5O3. The molecular weight excluding hydrogens is 454 g/mol. The first-order chi connectivity index (χ1) is 17.3. The molecule has 0 aliphatic heterocycles. The molecule has 1 amide bonds. The number of rotatable bonds is 11. The van der Waals surface area contributed by atoms with Crippen molar-refractivity contribution in [3.05, 3.63) is 90.3 Å². The van der Waals surface area contributed by atoms with Crippen molar-refractivity contribution in [1.29, 1.82) is 0 Å². The number of hydrogen-bond acceptors (Lipinski definition) is 6. The SMILES string of the molecule is CC(C)(O)CCCC[C@H](O)[C@@](Cc1ccccc1)(NC(=O)c1cnc2ccccc2n1)c1ncc[nH]1. The molecule has 2 atom stereocenters. The minimum absolute atomic E-state index is 0.159. The van der Waals surface area contributed by atoms with Gasteiger partial charge in [-0.2, -0.15) is 0 Å². The summed E-state index contributed by atoms with van der Waals surface area (Å²) in [5, 5.41) is 24.8. The fraction of sp³-hybridized carbons (Fsp3) is 0.357. The summed E-state index contributed by atoms with van der Waals surface area (Å²) in [6.45, 7) is 3.55. The van der Waals surface area contributed by atoms with Gasteiger partial charge in [-0.1, -0.05) is 55.3 Å². The van der Waals surface area contributed by atoms with Gasteiger partial charge in [-0.15, -0.1) is 0 Å². The largest absolute Gasteiger partial charge is 0.390 e. The summed E-state index contributed by atoms with van der Waals surface area (Å²) in [4.78, 5) is 30.0. The van der Waals surface area contributed by atoms with Crippen LogP contribution in [-0.2, 0) is 12.0 Å². The first kappa shape index (κ1) is 25.5. The van der Waals surface area contributed by atoms with Crippen LogP contribution in [0.2, 0.25) is 0 Å². The third-order valence-corrected chi connectivity index (χ3v) is 6.35. The van der Waals surface area contributed by atoms with E-state index >= 15 is 0 Å². The van der Waals surface area contributed by atoms with E-state index in [4.69, 9.17) is 0 Å². The van der Waals surface area contributed by atoms with E-state index in [0.717, 1.165) is 12.0 Å². The number of fused-ring (bicyclic) bond motifs is 1. The molecule has 4 aromatic rings. The molecule has 4 N–H and O–H groups in total. The summed E-state index contributed by atoms with van der Waals surface area (Å²) < 4.78 is 0. The summed E-state index contributed by atoms with van der Waals surface area (Å²) in [5.74, 6) is 0.0135. The Hall–Kier alpha value is -3.62. The number of unbranched alkanes of at least 4 members (excludes halogenated alkanes) is 1. The van der Waals surface area contributed by atoms with Crippen LogP contribution in [0.1, 0.15) is 61.4 Å². The standard InChI is InChI=1S/C28H33N5O3/c1-27(2,36)15-9-8-14-24(34)28(26-29-16-17-30-26,18-20-10-4-3-5-11-20)33-25(35)23-19-31-21-12-6-7-13-22(21)32-23/h3-7,10-13,16-17,19,24,34,36H,8-9,14-15,18H2,1-2H3,(H,29,30)(H,33,35)/t24-,28+/m0/s1. The van der Waals surface area contributed by atoms with Gasteiger partial charge >= 0.3 is 0 Å². The van der Waals surface area contributed by atoms with Crippen molar-refractivity contribution in [2.75, 3.05) is 0 Å². The molecule has 0 radical (unpaired) electrons. The van der Waals surface area contributed by atoms with Crippen molar-refractivity contribution in [2.24, 2.45) is 0 Å². The molecule has 8 nitrogen and oxygen atoms in total. The molecule has 2 aromatic heterocycles. The van der Waals surface area contributed by atoms with Gasteiger partial charge in [0.05, 0.1) is 28.9 Å². The highest BCUT2D eigenvalue weighted by Gasteiger charge is 2.44. The molecule has 0 fully saturated rings.